The number of sulfone groups is 1. The highest BCUT2D eigenvalue weighted by molar-refractivity contribution is 7.91. The number of hydrogen-bond acceptors (Lipinski definition) is 6. The summed E-state index contributed by atoms with van der Waals surface area (Å²) in [6.45, 7) is 2.45. The zero-order valence-electron chi connectivity index (χ0n) is 16.9. The molecule has 156 valence electrons. The minimum Gasteiger partial charge on any atom is -0.353 e. The van der Waals surface area contributed by atoms with Crippen LogP contribution in [0.15, 0.2) is 87.8 Å². The van der Waals surface area contributed by atoms with Crippen molar-refractivity contribution in [3.63, 3.8) is 0 Å². The number of aryl methyl sites for hydroxylation is 1. The summed E-state index contributed by atoms with van der Waals surface area (Å²) < 4.78 is 25.6. The van der Waals surface area contributed by atoms with Crippen molar-refractivity contribution in [3.8, 4) is 0 Å². The summed E-state index contributed by atoms with van der Waals surface area (Å²) in [7, 11) is -1.84. The Balaban J connectivity index is 1.67. The van der Waals surface area contributed by atoms with Crippen LogP contribution >= 0.6 is 0 Å². The molecule has 1 atom stereocenters. The third-order valence-corrected chi connectivity index (χ3v) is 6.22. The van der Waals surface area contributed by atoms with Gasteiger partial charge in [0, 0.05) is 31.7 Å². The fourth-order valence-corrected chi connectivity index (χ4v) is 4.04. The van der Waals surface area contributed by atoms with Gasteiger partial charge in [-0.25, -0.2) is 8.42 Å². The minimum atomic E-state index is -3.52. The molecule has 30 heavy (non-hydrogen) atoms. The van der Waals surface area contributed by atoms with Crippen LogP contribution < -0.4 is 16.0 Å². The highest BCUT2D eigenvalue weighted by atomic mass is 32.2. The second-order valence-corrected chi connectivity index (χ2v) is 8.66. The monoisotopic (exact) mass is 423 g/mol. The predicted molar refractivity (Wildman–Crippen MR) is 119 cm³/mol. The number of benzene rings is 2. The van der Waals surface area contributed by atoms with Crippen LogP contribution in [0, 0.1) is 6.92 Å². The lowest BCUT2D eigenvalue weighted by molar-refractivity contribution is 0.536. The minimum absolute atomic E-state index is 0.271. The molecular weight excluding hydrogens is 398 g/mol. The summed E-state index contributed by atoms with van der Waals surface area (Å²) >= 11 is 0. The average Bonchev–Trinajstić information content (AvgIpc) is 2.77. The first kappa shape index (κ1) is 21.5. The molecule has 8 heteroatoms. The number of nitrogens with one attached hydrogen (secondary N) is 3. The topological polar surface area (TPSA) is 95.5 Å². The smallest absolute Gasteiger partial charge is 0.206 e. The van der Waals surface area contributed by atoms with Gasteiger partial charge in [-0.2, -0.15) is 0 Å². The van der Waals surface area contributed by atoms with Crippen molar-refractivity contribution in [2.45, 2.75) is 29.5 Å². The molecule has 1 heterocycles. The largest absolute Gasteiger partial charge is 0.353 e. The van der Waals surface area contributed by atoms with Gasteiger partial charge in [-0.15, -0.1) is 0 Å². The van der Waals surface area contributed by atoms with Crippen molar-refractivity contribution >= 4 is 21.9 Å². The van der Waals surface area contributed by atoms with Crippen LogP contribution in [0.1, 0.15) is 11.1 Å². The maximum atomic E-state index is 12.8. The Hall–Kier alpha value is -3.23. The van der Waals surface area contributed by atoms with Gasteiger partial charge >= 0.3 is 0 Å². The third kappa shape index (κ3) is 5.65. The Morgan fingerprint density at radius 3 is 2.17 bits per heavy atom. The molecule has 0 saturated carbocycles. The summed E-state index contributed by atoms with van der Waals surface area (Å²) in [5.41, 5.74) is 2.88. The van der Waals surface area contributed by atoms with E-state index < -0.39 is 9.84 Å². The molecule has 7 nitrogen and oxygen atoms in total. The number of nitrogens with zero attached hydrogens (tertiary/aromatic N) is 2. The second kappa shape index (κ2) is 10.00. The molecule has 0 saturated heterocycles. The lowest BCUT2D eigenvalue weighted by Crippen LogP contribution is -2.47. The van der Waals surface area contributed by atoms with Gasteiger partial charge in [-0.1, -0.05) is 29.8 Å². The molecule has 0 aliphatic carbocycles. The first-order valence-corrected chi connectivity index (χ1v) is 10.9. The van der Waals surface area contributed by atoms with Crippen LogP contribution in [0.5, 0.6) is 0 Å². The molecule has 0 radical (unpaired) electrons. The molecule has 3 aromatic rings. The Bertz CT molecular complexity index is 1070. The molecule has 0 spiro atoms. The highest BCUT2D eigenvalue weighted by Gasteiger charge is 2.17. The Kier molecular flexibility index (Phi) is 7.16. The van der Waals surface area contributed by atoms with Gasteiger partial charge in [0.1, 0.15) is 0 Å². The van der Waals surface area contributed by atoms with E-state index in [-0.39, 0.29) is 11.2 Å². The van der Waals surface area contributed by atoms with E-state index in [0.29, 0.717) is 11.4 Å². The van der Waals surface area contributed by atoms with Crippen molar-refractivity contribution in [2.24, 2.45) is 4.99 Å². The van der Waals surface area contributed by atoms with Gasteiger partial charge < -0.3 is 10.6 Å². The van der Waals surface area contributed by atoms with E-state index in [4.69, 9.17) is 0 Å². The normalized spacial score (nSPS) is 12.6. The Morgan fingerprint density at radius 1 is 0.967 bits per heavy atom. The van der Waals surface area contributed by atoms with E-state index >= 15 is 0 Å². The Morgan fingerprint density at radius 2 is 1.57 bits per heavy atom. The number of pyridine rings is 1. The molecule has 3 N–H and O–H groups in total. The maximum absolute atomic E-state index is 12.8. The van der Waals surface area contributed by atoms with E-state index in [1.54, 1.807) is 62.2 Å². The molecule has 0 aliphatic heterocycles. The highest BCUT2D eigenvalue weighted by Crippen LogP contribution is 2.21. The summed E-state index contributed by atoms with van der Waals surface area (Å²) in [5.74, 6) is 0. The molecular formula is C22H25N5O2S. The first-order chi connectivity index (χ1) is 14.5. The number of aromatic nitrogens is 1. The summed E-state index contributed by atoms with van der Waals surface area (Å²) in [6.07, 6.45) is 4.75. The summed E-state index contributed by atoms with van der Waals surface area (Å²) in [5, 5.41) is 9.75. The third-order valence-electron chi connectivity index (χ3n) is 4.44. The second-order valence-electron chi connectivity index (χ2n) is 6.71. The molecule has 0 fully saturated rings. The standard InChI is InChI=1S/C22H25N5O2S/c1-17-3-7-20(8-4-17)30(28,29)21-9-5-18(6-10-21)15-25-22(26-16-23-2)27-19-11-13-24-14-12-19/h3-14,16,22,25H,15H2,1-2H3,(H,23,26)(H,24,27). The number of hydrogen-bond donors (Lipinski definition) is 3. The fraction of sp³-hybridized carbons (Fsp3) is 0.182. The van der Waals surface area contributed by atoms with Gasteiger partial charge in [0.15, 0.2) is 6.29 Å². The average molecular weight is 424 g/mol. The van der Waals surface area contributed by atoms with E-state index in [1.807, 2.05) is 31.2 Å². The molecule has 1 aromatic heterocycles. The zero-order valence-corrected chi connectivity index (χ0v) is 17.7. The lowest BCUT2D eigenvalue weighted by atomic mass is 10.2. The van der Waals surface area contributed by atoms with E-state index in [2.05, 4.69) is 25.9 Å². The van der Waals surface area contributed by atoms with Gasteiger partial charge in [0.25, 0.3) is 0 Å². The Labute approximate surface area is 177 Å². The summed E-state index contributed by atoms with van der Waals surface area (Å²) in [6, 6.07) is 17.5. The van der Waals surface area contributed by atoms with Crippen molar-refractivity contribution in [1.29, 1.82) is 0 Å². The molecule has 3 rings (SSSR count). The van der Waals surface area contributed by atoms with Gasteiger partial charge in [-0.05, 0) is 48.9 Å². The van der Waals surface area contributed by atoms with Gasteiger partial charge in [0.2, 0.25) is 9.84 Å². The number of rotatable bonds is 9. The number of anilines is 1. The van der Waals surface area contributed by atoms with Crippen molar-refractivity contribution in [3.05, 3.63) is 84.2 Å². The first-order valence-electron chi connectivity index (χ1n) is 9.46. The van der Waals surface area contributed by atoms with Crippen LogP contribution in [-0.4, -0.2) is 33.1 Å². The van der Waals surface area contributed by atoms with E-state index in [1.165, 1.54) is 0 Å². The van der Waals surface area contributed by atoms with Crippen LogP contribution in [0.2, 0.25) is 0 Å². The molecule has 0 amide bonds. The number of aliphatic imine (C=N–C) groups is 1. The van der Waals surface area contributed by atoms with Crippen LogP contribution in [0.25, 0.3) is 0 Å². The SMILES string of the molecule is CN=CNC(NCc1ccc(S(=O)(=O)c2ccc(C)cc2)cc1)Nc1ccncc1. The predicted octanol–water partition coefficient (Wildman–Crippen LogP) is 2.96. The quantitative estimate of drug-likeness (QED) is 0.278. The van der Waals surface area contributed by atoms with Crippen LogP contribution in [0.4, 0.5) is 5.69 Å². The zero-order chi connectivity index (χ0) is 21.4. The van der Waals surface area contributed by atoms with Crippen LogP contribution in [0.3, 0.4) is 0 Å². The fourth-order valence-electron chi connectivity index (χ4n) is 2.78. The molecule has 0 aliphatic rings. The van der Waals surface area contributed by atoms with Crippen molar-refractivity contribution < 1.29 is 8.42 Å². The van der Waals surface area contributed by atoms with Gasteiger partial charge in [-0.3, -0.25) is 15.3 Å². The van der Waals surface area contributed by atoms with Crippen LogP contribution in [-0.2, 0) is 16.4 Å². The molecule has 2 aromatic carbocycles. The van der Waals surface area contributed by atoms with Crippen molar-refractivity contribution in [2.75, 3.05) is 12.4 Å². The van der Waals surface area contributed by atoms with E-state index in [0.717, 1.165) is 16.8 Å². The lowest BCUT2D eigenvalue weighted by Gasteiger charge is -2.21. The van der Waals surface area contributed by atoms with E-state index in [9.17, 15) is 8.42 Å². The van der Waals surface area contributed by atoms with Gasteiger partial charge in [0.05, 0.1) is 16.1 Å². The molecule has 1 unspecified atom stereocenters. The maximum Gasteiger partial charge on any atom is 0.206 e. The summed E-state index contributed by atoms with van der Waals surface area (Å²) in [4.78, 5) is 8.53. The molecule has 0 bridgehead atoms. The van der Waals surface area contributed by atoms with Crippen molar-refractivity contribution in [1.82, 2.24) is 15.6 Å².